The molecule has 2 aliphatic rings. The summed E-state index contributed by atoms with van der Waals surface area (Å²) in [5.74, 6) is 0.682. The van der Waals surface area contributed by atoms with E-state index in [1.165, 1.54) is 12.8 Å². The van der Waals surface area contributed by atoms with E-state index in [1.807, 2.05) is 24.3 Å². The molecule has 114 valence electrons. The molecular formula is C17H24N2O2. The smallest absolute Gasteiger partial charge is 0.315 e. The molecule has 0 spiro atoms. The van der Waals surface area contributed by atoms with E-state index in [0.717, 1.165) is 24.0 Å². The molecular weight excluding hydrogens is 264 g/mol. The van der Waals surface area contributed by atoms with Gasteiger partial charge in [-0.15, -0.1) is 0 Å². The van der Waals surface area contributed by atoms with Gasteiger partial charge in [0.1, 0.15) is 0 Å². The normalized spacial score (nSPS) is 31.5. The van der Waals surface area contributed by atoms with Gasteiger partial charge < -0.3 is 15.7 Å². The summed E-state index contributed by atoms with van der Waals surface area (Å²) >= 11 is 0. The van der Waals surface area contributed by atoms with Gasteiger partial charge in [0, 0.05) is 12.5 Å². The number of hydrogen-bond donors (Lipinski definition) is 3. The van der Waals surface area contributed by atoms with Crippen LogP contribution in [0.15, 0.2) is 24.3 Å². The van der Waals surface area contributed by atoms with Crippen LogP contribution in [0.1, 0.15) is 49.8 Å². The van der Waals surface area contributed by atoms with Crippen LogP contribution in [-0.2, 0) is 6.42 Å². The molecule has 0 aliphatic heterocycles. The van der Waals surface area contributed by atoms with Crippen molar-refractivity contribution in [2.24, 2.45) is 5.92 Å². The number of nitrogens with one attached hydrogen (secondary N) is 2. The molecule has 4 atom stereocenters. The highest BCUT2D eigenvalue weighted by Crippen LogP contribution is 2.31. The number of rotatable bonds is 2. The van der Waals surface area contributed by atoms with E-state index < -0.39 is 6.10 Å². The van der Waals surface area contributed by atoms with Crippen molar-refractivity contribution in [3.8, 4) is 0 Å². The fourth-order valence-electron chi connectivity index (χ4n) is 3.68. The van der Waals surface area contributed by atoms with E-state index in [1.54, 1.807) is 0 Å². The van der Waals surface area contributed by atoms with Gasteiger partial charge in [-0.3, -0.25) is 0 Å². The Hall–Kier alpha value is -1.55. The summed E-state index contributed by atoms with van der Waals surface area (Å²) in [5.41, 5.74) is 2.17. The second kappa shape index (κ2) is 6.06. The van der Waals surface area contributed by atoms with Gasteiger partial charge in [0.15, 0.2) is 0 Å². The Labute approximate surface area is 125 Å². The first-order chi connectivity index (χ1) is 10.1. The average Bonchev–Trinajstić information content (AvgIpc) is 2.75. The molecule has 0 heterocycles. The zero-order valence-corrected chi connectivity index (χ0v) is 12.5. The average molecular weight is 288 g/mol. The van der Waals surface area contributed by atoms with Gasteiger partial charge >= 0.3 is 6.03 Å². The van der Waals surface area contributed by atoms with Crippen LogP contribution in [0.3, 0.4) is 0 Å². The van der Waals surface area contributed by atoms with Crippen molar-refractivity contribution in [2.75, 3.05) is 0 Å². The molecule has 1 fully saturated rings. The molecule has 1 saturated carbocycles. The summed E-state index contributed by atoms with van der Waals surface area (Å²) in [7, 11) is 0. The Morgan fingerprint density at radius 2 is 2.05 bits per heavy atom. The molecule has 0 saturated heterocycles. The third-order valence-electron chi connectivity index (χ3n) is 4.76. The topological polar surface area (TPSA) is 61.4 Å². The lowest BCUT2D eigenvalue weighted by atomic mass is 9.87. The van der Waals surface area contributed by atoms with Crippen molar-refractivity contribution < 1.29 is 9.90 Å². The highest BCUT2D eigenvalue weighted by molar-refractivity contribution is 5.75. The summed E-state index contributed by atoms with van der Waals surface area (Å²) in [6, 6.07) is 7.74. The molecule has 2 amide bonds. The number of amides is 2. The lowest BCUT2D eigenvalue weighted by molar-refractivity contribution is 0.141. The number of hydrogen-bond acceptors (Lipinski definition) is 2. The maximum Gasteiger partial charge on any atom is 0.315 e. The summed E-state index contributed by atoms with van der Waals surface area (Å²) in [4.78, 5) is 12.2. The molecule has 21 heavy (non-hydrogen) atoms. The quantitative estimate of drug-likeness (QED) is 0.783. The predicted octanol–water partition coefficient (Wildman–Crippen LogP) is 2.52. The zero-order valence-electron chi connectivity index (χ0n) is 12.5. The molecule has 4 heteroatoms. The Morgan fingerprint density at radius 1 is 1.24 bits per heavy atom. The second-order valence-corrected chi connectivity index (χ2v) is 6.53. The predicted molar refractivity (Wildman–Crippen MR) is 82.0 cm³/mol. The number of carbonyl (C=O) groups is 1. The van der Waals surface area contributed by atoms with Crippen LogP contribution in [0.5, 0.6) is 0 Å². The fraction of sp³-hybridized carbons (Fsp3) is 0.588. The Kier molecular flexibility index (Phi) is 4.15. The summed E-state index contributed by atoms with van der Waals surface area (Å²) in [6.45, 7) is 2.24. The van der Waals surface area contributed by atoms with Gasteiger partial charge in [0.05, 0.1) is 12.1 Å². The third kappa shape index (κ3) is 3.21. The van der Waals surface area contributed by atoms with Crippen molar-refractivity contribution in [3.63, 3.8) is 0 Å². The first-order valence-electron chi connectivity index (χ1n) is 7.96. The SMILES string of the molecule is CC1CCCC(NC(=O)N[C@@H]2c3ccccc3C[C@@H]2O)C1. The lowest BCUT2D eigenvalue weighted by Gasteiger charge is -2.28. The number of urea groups is 1. The maximum atomic E-state index is 12.2. The lowest BCUT2D eigenvalue weighted by Crippen LogP contribution is -2.46. The van der Waals surface area contributed by atoms with Crippen molar-refractivity contribution in [1.82, 2.24) is 10.6 Å². The number of fused-ring (bicyclic) bond motifs is 1. The minimum atomic E-state index is -0.529. The monoisotopic (exact) mass is 288 g/mol. The number of aliphatic hydroxyl groups is 1. The highest BCUT2D eigenvalue weighted by Gasteiger charge is 2.32. The van der Waals surface area contributed by atoms with Crippen molar-refractivity contribution in [2.45, 2.75) is 57.2 Å². The molecule has 1 aromatic carbocycles. The maximum absolute atomic E-state index is 12.2. The van der Waals surface area contributed by atoms with Gasteiger partial charge in [-0.05, 0) is 29.9 Å². The molecule has 1 aromatic rings. The number of aliphatic hydroxyl groups excluding tert-OH is 1. The molecule has 4 nitrogen and oxygen atoms in total. The van der Waals surface area contributed by atoms with Crippen LogP contribution in [0.4, 0.5) is 4.79 Å². The number of carbonyl (C=O) groups excluding carboxylic acids is 1. The fourth-order valence-corrected chi connectivity index (χ4v) is 3.68. The van der Waals surface area contributed by atoms with Crippen molar-refractivity contribution in [1.29, 1.82) is 0 Å². The van der Waals surface area contributed by atoms with E-state index >= 15 is 0 Å². The van der Waals surface area contributed by atoms with Gasteiger partial charge in [-0.2, -0.15) is 0 Å². The van der Waals surface area contributed by atoms with E-state index in [2.05, 4.69) is 17.6 Å². The Morgan fingerprint density at radius 3 is 2.86 bits per heavy atom. The van der Waals surface area contributed by atoms with Crippen LogP contribution in [0.25, 0.3) is 0 Å². The van der Waals surface area contributed by atoms with Crippen LogP contribution in [-0.4, -0.2) is 23.3 Å². The molecule has 2 unspecified atom stereocenters. The Balaban J connectivity index is 1.60. The highest BCUT2D eigenvalue weighted by atomic mass is 16.3. The summed E-state index contributed by atoms with van der Waals surface area (Å²) in [5, 5.41) is 16.2. The molecule has 0 radical (unpaired) electrons. The first-order valence-corrected chi connectivity index (χ1v) is 7.96. The Bertz CT molecular complexity index is 517. The van der Waals surface area contributed by atoms with E-state index in [4.69, 9.17) is 0 Å². The van der Waals surface area contributed by atoms with Crippen LogP contribution >= 0.6 is 0 Å². The summed E-state index contributed by atoms with van der Waals surface area (Å²) < 4.78 is 0. The van der Waals surface area contributed by atoms with Gasteiger partial charge in [-0.25, -0.2) is 4.79 Å². The largest absolute Gasteiger partial charge is 0.390 e. The van der Waals surface area contributed by atoms with E-state index in [0.29, 0.717) is 12.3 Å². The van der Waals surface area contributed by atoms with Crippen molar-refractivity contribution >= 4 is 6.03 Å². The third-order valence-corrected chi connectivity index (χ3v) is 4.76. The standard InChI is InChI=1S/C17H24N2O2/c1-11-5-4-7-13(9-11)18-17(21)19-16-14-8-3-2-6-12(14)10-15(16)20/h2-3,6,8,11,13,15-16,20H,4-5,7,9-10H2,1H3,(H2,18,19,21)/t11?,13?,15-,16+/m0/s1. The van der Waals surface area contributed by atoms with E-state index in [9.17, 15) is 9.90 Å². The summed E-state index contributed by atoms with van der Waals surface area (Å²) in [6.07, 6.45) is 4.63. The van der Waals surface area contributed by atoms with Gasteiger partial charge in [0.25, 0.3) is 0 Å². The molecule has 0 aromatic heterocycles. The van der Waals surface area contributed by atoms with Crippen LogP contribution in [0.2, 0.25) is 0 Å². The molecule has 2 aliphatic carbocycles. The molecule has 3 rings (SSSR count). The number of benzene rings is 1. The van der Waals surface area contributed by atoms with E-state index in [-0.39, 0.29) is 18.1 Å². The zero-order chi connectivity index (χ0) is 14.8. The van der Waals surface area contributed by atoms with Crippen LogP contribution < -0.4 is 10.6 Å². The minimum Gasteiger partial charge on any atom is -0.390 e. The molecule has 3 N–H and O–H groups in total. The second-order valence-electron chi connectivity index (χ2n) is 6.53. The minimum absolute atomic E-state index is 0.158. The van der Waals surface area contributed by atoms with Crippen molar-refractivity contribution in [3.05, 3.63) is 35.4 Å². The van der Waals surface area contributed by atoms with Gasteiger partial charge in [-0.1, -0.05) is 44.0 Å². The molecule has 0 bridgehead atoms. The first kappa shape index (κ1) is 14.4. The van der Waals surface area contributed by atoms with Gasteiger partial charge in [0.2, 0.25) is 0 Å². The van der Waals surface area contributed by atoms with Crippen LogP contribution in [0, 0.1) is 5.92 Å².